The van der Waals surface area contributed by atoms with Crippen LogP contribution in [0.4, 0.5) is 0 Å². The molecule has 1 aromatic carbocycles. The summed E-state index contributed by atoms with van der Waals surface area (Å²) in [6.07, 6.45) is -1.62. The summed E-state index contributed by atoms with van der Waals surface area (Å²) in [7, 11) is 1.57. The highest BCUT2D eigenvalue weighted by atomic mass is 16.5. The standard InChI is InChI=1S/C15H21NO4/c1-3-20-15(18)11-16-14(17)6-4-5-12-7-9-13(19-2)10-8-12/h7-10H,3-6,11H2,1-2H3,(H,16,17)/i6D2. The molecule has 0 radical (unpaired) electrons. The molecule has 0 aliphatic rings. The van der Waals surface area contributed by atoms with Crippen LogP contribution in [0.5, 0.6) is 5.75 Å². The molecule has 0 aromatic heterocycles. The van der Waals surface area contributed by atoms with E-state index in [-0.39, 0.29) is 19.6 Å². The second-order valence-corrected chi connectivity index (χ2v) is 4.01. The summed E-state index contributed by atoms with van der Waals surface area (Å²) < 4.78 is 25.3. The van der Waals surface area contributed by atoms with Gasteiger partial charge in [-0.15, -0.1) is 0 Å². The maximum absolute atomic E-state index is 11.8. The second kappa shape index (κ2) is 8.96. The Morgan fingerprint density at radius 2 is 2.00 bits per heavy atom. The van der Waals surface area contributed by atoms with Crippen LogP contribution in [0, 0.1) is 0 Å². The smallest absolute Gasteiger partial charge is 0.325 e. The number of methoxy groups -OCH3 is 1. The zero-order chi connectivity index (χ0) is 16.6. The molecule has 1 N–H and O–H groups in total. The van der Waals surface area contributed by atoms with E-state index in [1.165, 1.54) is 0 Å². The zero-order valence-corrected chi connectivity index (χ0v) is 11.8. The number of carbonyl (C=O) groups excluding carboxylic acids is 2. The molecular weight excluding hydrogens is 258 g/mol. The van der Waals surface area contributed by atoms with Gasteiger partial charge in [0.1, 0.15) is 12.3 Å². The lowest BCUT2D eigenvalue weighted by atomic mass is 10.1. The van der Waals surface area contributed by atoms with Gasteiger partial charge in [0.2, 0.25) is 5.91 Å². The predicted molar refractivity (Wildman–Crippen MR) is 75.6 cm³/mol. The van der Waals surface area contributed by atoms with Crippen molar-refractivity contribution in [2.24, 2.45) is 0 Å². The molecule has 0 aliphatic carbocycles. The Balaban J connectivity index is 2.47. The number of aryl methyl sites for hydroxylation is 1. The minimum atomic E-state index is -2.05. The van der Waals surface area contributed by atoms with Crippen LogP contribution in [-0.2, 0) is 20.7 Å². The van der Waals surface area contributed by atoms with Gasteiger partial charge in [0.15, 0.2) is 0 Å². The molecule has 1 rings (SSSR count). The van der Waals surface area contributed by atoms with E-state index in [1.54, 1.807) is 26.2 Å². The van der Waals surface area contributed by atoms with Gasteiger partial charge in [0.25, 0.3) is 0 Å². The van der Waals surface area contributed by atoms with Crippen molar-refractivity contribution in [3.8, 4) is 5.75 Å². The summed E-state index contributed by atoms with van der Waals surface area (Å²) in [5.41, 5.74) is 0.905. The molecule has 110 valence electrons. The molecule has 0 aliphatic heterocycles. The van der Waals surface area contributed by atoms with E-state index in [1.807, 2.05) is 12.1 Å². The van der Waals surface area contributed by atoms with Gasteiger partial charge in [-0.1, -0.05) is 12.1 Å². The lowest BCUT2D eigenvalue weighted by Gasteiger charge is -2.05. The fourth-order valence-corrected chi connectivity index (χ4v) is 1.54. The maximum atomic E-state index is 11.8. The van der Waals surface area contributed by atoms with E-state index in [9.17, 15) is 9.59 Å². The lowest BCUT2D eigenvalue weighted by Crippen LogP contribution is -2.30. The van der Waals surface area contributed by atoms with Crippen molar-refractivity contribution in [3.05, 3.63) is 29.8 Å². The average Bonchev–Trinajstić information content (AvgIpc) is 2.51. The van der Waals surface area contributed by atoms with Crippen molar-refractivity contribution < 1.29 is 21.8 Å². The highest BCUT2D eigenvalue weighted by molar-refractivity contribution is 5.81. The number of carbonyl (C=O) groups is 2. The summed E-state index contributed by atoms with van der Waals surface area (Å²) in [4.78, 5) is 22.9. The molecule has 0 unspecified atom stereocenters. The molecule has 0 fully saturated rings. The van der Waals surface area contributed by atoms with Gasteiger partial charge in [-0.05, 0) is 37.5 Å². The SMILES string of the molecule is [2H]C([2H])(CCc1ccc(OC)cc1)C(=O)NCC(=O)OCC. The van der Waals surface area contributed by atoms with E-state index < -0.39 is 18.2 Å². The Hall–Kier alpha value is -2.04. The van der Waals surface area contributed by atoms with Crippen molar-refractivity contribution in [1.29, 1.82) is 0 Å². The minimum absolute atomic E-state index is 0.0218. The number of hydrogen-bond donors (Lipinski definition) is 1. The van der Waals surface area contributed by atoms with Gasteiger partial charge >= 0.3 is 5.97 Å². The molecule has 0 saturated heterocycles. The van der Waals surface area contributed by atoms with Gasteiger partial charge in [-0.25, -0.2) is 0 Å². The lowest BCUT2D eigenvalue weighted by molar-refractivity contribution is -0.143. The third-order valence-corrected chi connectivity index (χ3v) is 2.56. The highest BCUT2D eigenvalue weighted by Crippen LogP contribution is 2.13. The van der Waals surface area contributed by atoms with Crippen molar-refractivity contribution in [1.82, 2.24) is 5.32 Å². The summed E-state index contributed by atoms with van der Waals surface area (Å²) >= 11 is 0. The Morgan fingerprint density at radius 1 is 1.30 bits per heavy atom. The van der Waals surface area contributed by atoms with Crippen LogP contribution in [0.2, 0.25) is 0 Å². The highest BCUT2D eigenvalue weighted by Gasteiger charge is 2.05. The summed E-state index contributed by atoms with van der Waals surface area (Å²) in [6.45, 7) is 1.56. The molecule has 0 heterocycles. The first-order valence-electron chi connectivity index (χ1n) is 7.46. The summed E-state index contributed by atoms with van der Waals surface area (Å²) in [5.74, 6) is -0.671. The van der Waals surface area contributed by atoms with Crippen LogP contribution in [0.3, 0.4) is 0 Å². The van der Waals surface area contributed by atoms with Crippen LogP contribution in [0.15, 0.2) is 24.3 Å². The van der Waals surface area contributed by atoms with Crippen LogP contribution < -0.4 is 10.1 Å². The van der Waals surface area contributed by atoms with Gasteiger partial charge < -0.3 is 14.8 Å². The number of amides is 1. The Bertz CT molecular complexity index is 503. The molecule has 0 atom stereocenters. The molecule has 0 spiro atoms. The van der Waals surface area contributed by atoms with Crippen molar-refractivity contribution >= 4 is 11.9 Å². The molecular formula is C15H21NO4. The van der Waals surface area contributed by atoms with Crippen LogP contribution in [0.1, 0.15) is 28.0 Å². The number of benzene rings is 1. The molecule has 1 aromatic rings. The Kier molecular flexibility index (Phi) is 5.81. The van der Waals surface area contributed by atoms with Crippen molar-refractivity contribution in [2.45, 2.75) is 26.1 Å². The number of hydrogen-bond acceptors (Lipinski definition) is 4. The monoisotopic (exact) mass is 281 g/mol. The van der Waals surface area contributed by atoms with E-state index in [4.69, 9.17) is 7.48 Å². The quantitative estimate of drug-likeness (QED) is 0.737. The fourth-order valence-electron chi connectivity index (χ4n) is 1.54. The largest absolute Gasteiger partial charge is 0.497 e. The summed E-state index contributed by atoms with van der Waals surface area (Å²) in [6, 6.07) is 7.22. The Morgan fingerprint density at radius 3 is 2.60 bits per heavy atom. The van der Waals surface area contributed by atoms with E-state index in [2.05, 4.69) is 10.1 Å². The minimum Gasteiger partial charge on any atom is -0.497 e. The first-order valence-corrected chi connectivity index (χ1v) is 6.46. The third-order valence-electron chi connectivity index (χ3n) is 2.56. The first kappa shape index (κ1) is 13.0. The molecule has 0 saturated carbocycles. The normalized spacial score (nSPS) is 12.1. The van der Waals surface area contributed by atoms with E-state index in [0.717, 1.165) is 11.3 Å². The molecule has 5 heteroatoms. The molecule has 5 nitrogen and oxygen atoms in total. The Labute approximate surface area is 122 Å². The van der Waals surface area contributed by atoms with Crippen LogP contribution in [-0.4, -0.2) is 32.1 Å². The average molecular weight is 281 g/mol. The number of rotatable bonds is 8. The van der Waals surface area contributed by atoms with Gasteiger partial charge in [0.05, 0.1) is 13.7 Å². The summed E-state index contributed by atoms with van der Waals surface area (Å²) in [5, 5.41) is 2.25. The second-order valence-electron chi connectivity index (χ2n) is 4.01. The number of esters is 1. The zero-order valence-electron chi connectivity index (χ0n) is 13.8. The van der Waals surface area contributed by atoms with E-state index in [0.29, 0.717) is 6.42 Å². The maximum Gasteiger partial charge on any atom is 0.325 e. The van der Waals surface area contributed by atoms with Crippen molar-refractivity contribution in [3.63, 3.8) is 0 Å². The predicted octanol–water partition coefficient (Wildman–Crippen LogP) is 1.70. The number of ether oxygens (including phenoxy) is 2. The topological polar surface area (TPSA) is 64.6 Å². The number of nitrogens with one attached hydrogen (secondary N) is 1. The first-order chi connectivity index (χ1) is 10.4. The van der Waals surface area contributed by atoms with Gasteiger partial charge in [-0.2, -0.15) is 0 Å². The fraction of sp³-hybridized carbons (Fsp3) is 0.467. The van der Waals surface area contributed by atoms with Crippen LogP contribution >= 0.6 is 0 Å². The molecule has 20 heavy (non-hydrogen) atoms. The van der Waals surface area contributed by atoms with E-state index >= 15 is 0 Å². The molecule has 0 bridgehead atoms. The van der Waals surface area contributed by atoms with Crippen LogP contribution in [0.25, 0.3) is 0 Å². The van der Waals surface area contributed by atoms with Gasteiger partial charge in [-0.3, -0.25) is 9.59 Å². The van der Waals surface area contributed by atoms with Crippen molar-refractivity contribution in [2.75, 3.05) is 20.3 Å². The van der Waals surface area contributed by atoms with Gasteiger partial charge in [0, 0.05) is 9.11 Å². The third kappa shape index (κ3) is 6.22. The molecule has 1 amide bonds.